The Bertz CT molecular complexity index is 372. The largest absolute Gasteiger partial charge is 0.378 e. The molecule has 0 spiro atoms. The van der Waals surface area contributed by atoms with Crippen LogP contribution in [0.1, 0.15) is 11.1 Å². The summed E-state index contributed by atoms with van der Waals surface area (Å²) in [4.78, 5) is 2.29. The van der Waals surface area contributed by atoms with E-state index in [0.717, 1.165) is 26.3 Å². The van der Waals surface area contributed by atoms with Crippen LogP contribution < -0.4 is 10.2 Å². The molecule has 1 atom stereocenters. The molecule has 1 saturated heterocycles. The van der Waals surface area contributed by atoms with Crippen molar-refractivity contribution in [2.24, 2.45) is 0 Å². The van der Waals surface area contributed by atoms with Crippen molar-refractivity contribution in [3.05, 3.63) is 29.3 Å². The lowest BCUT2D eigenvalue weighted by atomic mass is 10.1. The zero-order valence-corrected chi connectivity index (χ0v) is 11.0. The number of hydrogen-bond donors (Lipinski definition) is 1. The lowest BCUT2D eigenvalue weighted by molar-refractivity contribution is 0.0791. The zero-order valence-electron chi connectivity index (χ0n) is 11.0. The number of hydrogen-bond acceptors (Lipinski definition) is 3. The Labute approximate surface area is 104 Å². The first-order valence-corrected chi connectivity index (χ1v) is 6.26. The summed E-state index contributed by atoms with van der Waals surface area (Å²) < 4.78 is 5.47. The van der Waals surface area contributed by atoms with Gasteiger partial charge >= 0.3 is 0 Å². The number of aryl methyl sites for hydroxylation is 2. The number of likely N-dealkylation sites (N-methyl/N-ethyl adjacent to an activating group) is 1. The van der Waals surface area contributed by atoms with Gasteiger partial charge in [-0.05, 0) is 37.1 Å². The highest BCUT2D eigenvalue weighted by Gasteiger charge is 2.15. The molecule has 94 valence electrons. The van der Waals surface area contributed by atoms with E-state index >= 15 is 0 Å². The van der Waals surface area contributed by atoms with E-state index in [-0.39, 0.29) is 0 Å². The second-order valence-electron chi connectivity index (χ2n) is 4.88. The summed E-state index contributed by atoms with van der Waals surface area (Å²) >= 11 is 0. The van der Waals surface area contributed by atoms with Crippen LogP contribution in [0.2, 0.25) is 0 Å². The molecule has 1 aromatic carbocycles. The number of benzene rings is 1. The molecule has 1 heterocycles. The standard InChI is InChI=1S/C14H22N2O/c1-11-4-5-14(8-12(11)2)16(3)9-13-10-17-7-6-15-13/h4-5,8,13,15H,6-7,9-10H2,1-3H3. The van der Waals surface area contributed by atoms with Crippen molar-refractivity contribution in [3.63, 3.8) is 0 Å². The molecular formula is C14H22N2O. The molecule has 1 aliphatic rings. The van der Waals surface area contributed by atoms with Crippen LogP contribution in [0.5, 0.6) is 0 Å². The van der Waals surface area contributed by atoms with Crippen molar-refractivity contribution in [3.8, 4) is 0 Å². The van der Waals surface area contributed by atoms with Crippen molar-refractivity contribution in [2.45, 2.75) is 19.9 Å². The average Bonchev–Trinajstić information content (AvgIpc) is 2.34. The fraction of sp³-hybridized carbons (Fsp3) is 0.571. The average molecular weight is 234 g/mol. The van der Waals surface area contributed by atoms with Crippen molar-refractivity contribution in [1.82, 2.24) is 5.32 Å². The highest BCUT2D eigenvalue weighted by Crippen LogP contribution is 2.17. The number of rotatable bonds is 3. The molecule has 1 fully saturated rings. The first-order valence-electron chi connectivity index (χ1n) is 6.26. The Morgan fingerprint density at radius 2 is 2.18 bits per heavy atom. The molecule has 3 heteroatoms. The predicted octanol–water partition coefficient (Wildman–Crippen LogP) is 1.73. The fourth-order valence-electron chi connectivity index (χ4n) is 2.14. The summed E-state index contributed by atoms with van der Waals surface area (Å²) in [5.41, 5.74) is 3.98. The molecule has 1 unspecified atom stereocenters. The van der Waals surface area contributed by atoms with Crippen LogP contribution in [0.15, 0.2) is 18.2 Å². The predicted molar refractivity (Wildman–Crippen MR) is 71.8 cm³/mol. The summed E-state index contributed by atoms with van der Waals surface area (Å²) in [7, 11) is 2.14. The molecule has 0 amide bonds. The molecule has 1 aromatic rings. The molecule has 1 aliphatic heterocycles. The van der Waals surface area contributed by atoms with Gasteiger partial charge in [0.15, 0.2) is 0 Å². The van der Waals surface area contributed by atoms with Gasteiger partial charge in [0.2, 0.25) is 0 Å². The van der Waals surface area contributed by atoms with E-state index < -0.39 is 0 Å². The maximum Gasteiger partial charge on any atom is 0.0637 e. The molecule has 2 rings (SSSR count). The first kappa shape index (κ1) is 12.4. The van der Waals surface area contributed by atoms with Gasteiger partial charge in [-0.25, -0.2) is 0 Å². The van der Waals surface area contributed by atoms with Crippen LogP contribution in [-0.4, -0.2) is 39.4 Å². The zero-order chi connectivity index (χ0) is 12.3. The fourth-order valence-corrected chi connectivity index (χ4v) is 2.14. The number of anilines is 1. The summed E-state index contributed by atoms with van der Waals surface area (Å²) in [5.74, 6) is 0. The van der Waals surface area contributed by atoms with E-state index in [1.807, 2.05) is 0 Å². The SMILES string of the molecule is Cc1ccc(N(C)CC2COCCN2)cc1C. The van der Waals surface area contributed by atoms with E-state index in [2.05, 4.69) is 49.3 Å². The molecule has 0 aromatic heterocycles. The van der Waals surface area contributed by atoms with Gasteiger partial charge in [-0.3, -0.25) is 0 Å². The van der Waals surface area contributed by atoms with Gasteiger partial charge < -0.3 is 15.0 Å². The van der Waals surface area contributed by atoms with E-state index in [1.165, 1.54) is 16.8 Å². The number of ether oxygens (including phenoxy) is 1. The van der Waals surface area contributed by atoms with Crippen molar-refractivity contribution in [1.29, 1.82) is 0 Å². The number of nitrogens with zero attached hydrogens (tertiary/aromatic N) is 1. The van der Waals surface area contributed by atoms with E-state index in [9.17, 15) is 0 Å². The second-order valence-corrected chi connectivity index (χ2v) is 4.88. The highest BCUT2D eigenvalue weighted by molar-refractivity contribution is 5.50. The molecule has 1 N–H and O–H groups in total. The van der Waals surface area contributed by atoms with Crippen molar-refractivity contribution in [2.75, 3.05) is 38.3 Å². The molecule has 3 nitrogen and oxygen atoms in total. The maximum atomic E-state index is 5.47. The quantitative estimate of drug-likeness (QED) is 0.862. The van der Waals surface area contributed by atoms with Crippen LogP contribution in [0, 0.1) is 13.8 Å². The number of morpholine rings is 1. The van der Waals surface area contributed by atoms with Gasteiger partial charge in [-0.2, -0.15) is 0 Å². The van der Waals surface area contributed by atoms with E-state index in [4.69, 9.17) is 4.74 Å². The Hall–Kier alpha value is -1.06. The Morgan fingerprint density at radius 1 is 1.35 bits per heavy atom. The van der Waals surface area contributed by atoms with Gasteiger partial charge in [0, 0.05) is 31.9 Å². The van der Waals surface area contributed by atoms with E-state index in [1.54, 1.807) is 0 Å². The second kappa shape index (κ2) is 5.52. The minimum atomic E-state index is 0.440. The Morgan fingerprint density at radius 3 is 2.82 bits per heavy atom. The molecule has 17 heavy (non-hydrogen) atoms. The summed E-state index contributed by atoms with van der Waals surface area (Å²) in [6, 6.07) is 7.06. The van der Waals surface area contributed by atoms with Crippen molar-refractivity contribution >= 4 is 5.69 Å². The topological polar surface area (TPSA) is 24.5 Å². The minimum Gasteiger partial charge on any atom is -0.378 e. The smallest absolute Gasteiger partial charge is 0.0637 e. The summed E-state index contributed by atoms with van der Waals surface area (Å²) in [6.07, 6.45) is 0. The Balaban J connectivity index is 1.98. The monoisotopic (exact) mass is 234 g/mol. The molecule has 0 aliphatic carbocycles. The highest BCUT2D eigenvalue weighted by atomic mass is 16.5. The lowest BCUT2D eigenvalue weighted by Gasteiger charge is -2.29. The maximum absolute atomic E-state index is 5.47. The molecule has 0 radical (unpaired) electrons. The summed E-state index contributed by atoms with van der Waals surface area (Å²) in [6.45, 7) is 7.91. The van der Waals surface area contributed by atoms with Crippen LogP contribution in [0.25, 0.3) is 0 Å². The third-order valence-corrected chi connectivity index (χ3v) is 3.42. The van der Waals surface area contributed by atoms with Gasteiger partial charge in [0.25, 0.3) is 0 Å². The minimum absolute atomic E-state index is 0.440. The van der Waals surface area contributed by atoms with Gasteiger partial charge in [0.1, 0.15) is 0 Å². The van der Waals surface area contributed by atoms with Crippen LogP contribution in [-0.2, 0) is 4.74 Å². The van der Waals surface area contributed by atoms with Gasteiger partial charge in [0.05, 0.1) is 13.2 Å². The van der Waals surface area contributed by atoms with Gasteiger partial charge in [-0.1, -0.05) is 6.07 Å². The Kier molecular flexibility index (Phi) is 4.02. The molecule has 0 saturated carbocycles. The van der Waals surface area contributed by atoms with Crippen LogP contribution in [0.3, 0.4) is 0 Å². The first-order chi connectivity index (χ1) is 8.16. The molecular weight excluding hydrogens is 212 g/mol. The van der Waals surface area contributed by atoms with Crippen molar-refractivity contribution < 1.29 is 4.74 Å². The third-order valence-electron chi connectivity index (χ3n) is 3.42. The van der Waals surface area contributed by atoms with Gasteiger partial charge in [-0.15, -0.1) is 0 Å². The molecule has 0 bridgehead atoms. The lowest BCUT2D eigenvalue weighted by Crippen LogP contribution is -2.47. The summed E-state index contributed by atoms with van der Waals surface area (Å²) in [5, 5.41) is 3.48. The third kappa shape index (κ3) is 3.20. The van der Waals surface area contributed by atoms with Crippen LogP contribution in [0.4, 0.5) is 5.69 Å². The number of nitrogens with one attached hydrogen (secondary N) is 1. The van der Waals surface area contributed by atoms with E-state index in [0.29, 0.717) is 6.04 Å². The normalized spacial score (nSPS) is 20.3. The van der Waals surface area contributed by atoms with Crippen LogP contribution >= 0.6 is 0 Å².